The molecule has 0 aromatic carbocycles. The molecule has 3 heteroatoms. The van der Waals surface area contributed by atoms with Crippen molar-refractivity contribution in [3.05, 3.63) is 0 Å². The standard InChI is InChI=1S/C14H26O3/c15-14(16)12-17-13-10-8-6-4-2-1-3-5-7-9-11-13/h13H,1-12H2,(H,15,16). The van der Waals surface area contributed by atoms with Crippen molar-refractivity contribution in [1.29, 1.82) is 0 Å². The minimum Gasteiger partial charge on any atom is -0.480 e. The molecule has 0 heterocycles. The van der Waals surface area contributed by atoms with E-state index in [-0.39, 0.29) is 12.7 Å². The molecule has 1 fully saturated rings. The molecular weight excluding hydrogens is 216 g/mol. The van der Waals surface area contributed by atoms with Gasteiger partial charge in [-0.3, -0.25) is 0 Å². The zero-order chi connectivity index (χ0) is 12.3. The van der Waals surface area contributed by atoms with Crippen LogP contribution in [0.15, 0.2) is 0 Å². The largest absolute Gasteiger partial charge is 0.480 e. The lowest BCUT2D eigenvalue weighted by Gasteiger charge is -2.17. The van der Waals surface area contributed by atoms with E-state index in [1.165, 1.54) is 57.8 Å². The molecule has 0 bridgehead atoms. The highest BCUT2D eigenvalue weighted by molar-refractivity contribution is 5.68. The van der Waals surface area contributed by atoms with Crippen molar-refractivity contribution < 1.29 is 14.6 Å². The predicted octanol–water partition coefficient (Wildman–Crippen LogP) is 3.76. The first kappa shape index (κ1) is 14.5. The molecule has 0 unspecified atom stereocenters. The van der Waals surface area contributed by atoms with E-state index >= 15 is 0 Å². The van der Waals surface area contributed by atoms with Gasteiger partial charge in [0.2, 0.25) is 0 Å². The summed E-state index contributed by atoms with van der Waals surface area (Å²) >= 11 is 0. The van der Waals surface area contributed by atoms with Gasteiger partial charge in [0, 0.05) is 0 Å². The minimum atomic E-state index is -0.851. The van der Waals surface area contributed by atoms with Crippen LogP contribution in [0.4, 0.5) is 0 Å². The molecule has 1 aliphatic rings. The molecule has 0 saturated heterocycles. The van der Waals surface area contributed by atoms with E-state index in [9.17, 15) is 4.79 Å². The number of hydrogen-bond acceptors (Lipinski definition) is 2. The Labute approximate surface area is 105 Å². The lowest BCUT2D eigenvalue weighted by Crippen LogP contribution is -2.18. The Kier molecular flexibility index (Phi) is 8.06. The van der Waals surface area contributed by atoms with Gasteiger partial charge in [-0.05, 0) is 12.8 Å². The Morgan fingerprint density at radius 2 is 1.29 bits per heavy atom. The smallest absolute Gasteiger partial charge is 0.329 e. The maximum atomic E-state index is 10.5. The summed E-state index contributed by atoms with van der Waals surface area (Å²) in [4.78, 5) is 10.5. The molecule has 0 spiro atoms. The fourth-order valence-electron chi connectivity index (χ4n) is 2.48. The third-order valence-corrected chi connectivity index (χ3v) is 3.49. The van der Waals surface area contributed by atoms with Gasteiger partial charge in [0.25, 0.3) is 0 Å². The zero-order valence-corrected chi connectivity index (χ0v) is 10.8. The van der Waals surface area contributed by atoms with Gasteiger partial charge in [-0.15, -0.1) is 0 Å². The molecule has 0 amide bonds. The van der Waals surface area contributed by atoms with Crippen molar-refractivity contribution in [2.24, 2.45) is 0 Å². The van der Waals surface area contributed by atoms with Crippen molar-refractivity contribution in [1.82, 2.24) is 0 Å². The van der Waals surface area contributed by atoms with E-state index in [0.717, 1.165) is 12.8 Å². The molecule has 1 aliphatic carbocycles. The average Bonchev–Trinajstić information content (AvgIpc) is 2.28. The van der Waals surface area contributed by atoms with Crippen LogP contribution < -0.4 is 0 Å². The van der Waals surface area contributed by atoms with E-state index in [1.807, 2.05) is 0 Å². The van der Waals surface area contributed by atoms with E-state index in [0.29, 0.717) is 0 Å². The van der Waals surface area contributed by atoms with Crippen molar-refractivity contribution >= 4 is 5.97 Å². The highest BCUT2D eigenvalue weighted by Gasteiger charge is 2.11. The highest BCUT2D eigenvalue weighted by atomic mass is 16.5. The Morgan fingerprint density at radius 3 is 1.71 bits per heavy atom. The summed E-state index contributed by atoms with van der Waals surface area (Å²) in [5.41, 5.74) is 0. The molecule has 0 atom stereocenters. The van der Waals surface area contributed by atoms with E-state index in [1.54, 1.807) is 0 Å². The van der Waals surface area contributed by atoms with Crippen LogP contribution in [0.3, 0.4) is 0 Å². The predicted molar refractivity (Wildman–Crippen MR) is 68.2 cm³/mol. The Balaban J connectivity index is 2.24. The van der Waals surface area contributed by atoms with E-state index < -0.39 is 5.97 Å². The van der Waals surface area contributed by atoms with E-state index in [4.69, 9.17) is 9.84 Å². The van der Waals surface area contributed by atoms with Crippen LogP contribution in [-0.2, 0) is 9.53 Å². The third-order valence-electron chi connectivity index (χ3n) is 3.49. The van der Waals surface area contributed by atoms with Crippen LogP contribution >= 0.6 is 0 Å². The fourth-order valence-corrected chi connectivity index (χ4v) is 2.48. The topological polar surface area (TPSA) is 46.5 Å². The van der Waals surface area contributed by atoms with Crippen LogP contribution in [0.2, 0.25) is 0 Å². The maximum Gasteiger partial charge on any atom is 0.329 e. The van der Waals surface area contributed by atoms with Crippen LogP contribution in [-0.4, -0.2) is 23.8 Å². The lowest BCUT2D eigenvalue weighted by atomic mass is 9.99. The van der Waals surface area contributed by atoms with Crippen molar-refractivity contribution in [2.45, 2.75) is 76.7 Å². The number of hydrogen-bond donors (Lipinski definition) is 1. The molecule has 0 aliphatic heterocycles. The maximum absolute atomic E-state index is 10.5. The molecule has 1 saturated carbocycles. The summed E-state index contributed by atoms with van der Waals surface area (Å²) in [6.45, 7) is -0.134. The monoisotopic (exact) mass is 242 g/mol. The van der Waals surface area contributed by atoms with Crippen LogP contribution in [0.1, 0.15) is 70.6 Å². The molecule has 17 heavy (non-hydrogen) atoms. The third kappa shape index (κ3) is 8.19. The summed E-state index contributed by atoms with van der Waals surface area (Å²) < 4.78 is 5.45. The second-order valence-electron chi connectivity index (χ2n) is 5.09. The molecular formula is C14H26O3. The number of carbonyl (C=O) groups is 1. The van der Waals surface area contributed by atoms with Gasteiger partial charge in [0.05, 0.1) is 6.10 Å². The average molecular weight is 242 g/mol. The Hall–Kier alpha value is -0.570. The van der Waals surface area contributed by atoms with Crippen LogP contribution in [0.25, 0.3) is 0 Å². The number of carboxylic acid groups (broad SMARTS) is 1. The Bertz CT molecular complexity index is 192. The van der Waals surface area contributed by atoms with Crippen LogP contribution in [0, 0.1) is 0 Å². The van der Waals surface area contributed by atoms with Gasteiger partial charge >= 0.3 is 5.97 Å². The van der Waals surface area contributed by atoms with Crippen LogP contribution in [0.5, 0.6) is 0 Å². The highest BCUT2D eigenvalue weighted by Crippen LogP contribution is 2.18. The van der Waals surface area contributed by atoms with Gasteiger partial charge in [-0.2, -0.15) is 0 Å². The molecule has 0 radical (unpaired) electrons. The molecule has 1 rings (SSSR count). The van der Waals surface area contributed by atoms with Gasteiger partial charge in [-0.1, -0.05) is 57.8 Å². The van der Waals surface area contributed by atoms with Crippen molar-refractivity contribution in [3.8, 4) is 0 Å². The van der Waals surface area contributed by atoms with Crippen molar-refractivity contribution in [2.75, 3.05) is 6.61 Å². The number of ether oxygens (including phenoxy) is 1. The van der Waals surface area contributed by atoms with Crippen molar-refractivity contribution in [3.63, 3.8) is 0 Å². The summed E-state index contributed by atoms with van der Waals surface area (Å²) in [7, 11) is 0. The van der Waals surface area contributed by atoms with Gasteiger partial charge in [0.1, 0.15) is 6.61 Å². The molecule has 1 N–H and O–H groups in total. The number of carboxylic acids is 1. The molecule has 100 valence electrons. The molecule has 0 aromatic heterocycles. The zero-order valence-electron chi connectivity index (χ0n) is 10.8. The lowest BCUT2D eigenvalue weighted by molar-refractivity contribution is -0.144. The van der Waals surface area contributed by atoms with Gasteiger partial charge < -0.3 is 9.84 Å². The summed E-state index contributed by atoms with van der Waals surface area (Å²) in [6, 6.07) is 0. The Morgan fingerprint density at radius 1 is 0.882 bits per heavy atom. The van der Waals surface area contributed by atoms with E-state index in [2.05, 4.69) is 0 Å². The first-order valence-corrected chi connectivity index (χ1v) is 7.12. The second-order valence-corrected chi connectivity index (χ2v) is 5.09. The fraction of sp³-hybridized carbons (Fsp3) is 0.929. The minimum absolute atomic E-state index is 0.134. The summed E-state index contributed by atoms with van der Waals surface area (Å²) in [6.07, 6.45) is 13.9. The number of aliphatic carboxylic acids is 1. The number of rotatable bonds is 3. The molecule has 0 aromatic rings. The first-order valence-electron chi connectivity index (χ1n) is 7.12. The first-order chi connectivity index (χ1) is 8.29. The SMILES string of the molecule is O=C(O)COC1CCCCCCCCCCC1. The normalized spacial score (nSPS) is 21.4. The summed E-state index contributed by atoms with van der Waals surface area (Å²) in [5.74, 6) is -0.851. The summed E-state index contributed by atoms with van der Waals surface area (Å²) in [5, 5.41) is 8.63. The molecule has 3 nitrogen and oxygen atoms in total. The van der Waals surface area contributed by atoms with Gasteiger partial charge in [-0.25, -0.2) is 4.79 Å². The van der Waals surface area contributed by atoms with Gasteiger partial charge in [0.15, 0.2) is 0 Å². The second kappa shape index (κ2) is 9.46. The quantitative estimate of drug-likeness (QED) is 0.819.